The Hall–Kier alpha value is -6.72. The van der Waals surface area contributed by atoms with E-state index in [9.17, 15) is 20.4 Å². The number of phenolic OH excluding ortho intramolecular Hbond substituents is 2. The number of nitrogens with zero attached hydrogens (tertiary/aromatic N) is 6. The normalized spacial score (nSPS) is 49.0. The van der Waals surface area contributed by atoms with Crippen molar-refractivity contribution in [3.8, 4) is 11.5 Å². The van der Waals surface area contributed by atoms with E-state index in [0.717, 1.165) is 128 Å². The number of phenols is 2. The van der Waals surface area contributed by atoms with Crippen molar-refractivity contribution in [1.29, 1.82) is 0 Å². The highest BCUT2D eigenvalue weighted by Gasteiger charge is 2.88. The Labute approximate surface area is 604 Å². The average molecular weight is 1410 g/mol. The van der Waals surface area contributed by atoms with E-state index in [1.165, 1.54) is 25.4 Å². The Morgan fingerprint density at radius 3 is 1.60 bits per heavy atom. The molecule has 0 bridgehead atoms. The van der Waals surface area contributed by atoms with Gasteiger partial charge >= 0.3 is 11.9 Å². The number of fused-ring (bicyclic) bond motifs is 8. The maximum absolute atomic E-state index is 15.8. The number of esters is 2. The fraction of sp³-hybridized carbons (Fsp3) is 0.619. The first-order valence-electron chi connectivity index (χ1n) is 39.8. The third-order valence-corrected chi connectivity index (χ3v) is 35.2. The first-order chi connectivity index (χ1) is 50.6. The zero-order valence-corrected chi connectivity index (χ0v) is 59.3. The van der Waals surface area contributed by atoms with Gasteiger partial charge in [-0.1, -0.05) is 60.7 Å². The van der Waals surface area contributed by atoms with Crippen molar-refractivity contribution < 1.29 is 58.4 Å². The molecule has 540 valence electrons. The van der Waals surface area contributed by atoms with Crippen molar-refractivity contribution >= 4 is 34.7 Å². The second-order valence-electron chi connectivity index (χ2n) is 37.6. The van der Waals surface area contributed by atoms with Gasteiger partial charge < -0.3 is 74.2 Å². The molecule has 15 fully saturated rings. The number of hydrogen-bond donors (Lipinski definition) is 6. The monoisotopic (exact) mass is 1400 g/mol. The maximum Gasteiger partial charge on any atom is 0.335 e. The topological polar surface area (TPSA) is 214 Å². The summed E-state index contributed by atoms with van der Waals surface area (Å²) in [5.41, 5.74) is 3.44. The molecule has 104 heavy (non-hydrogen) atoms. The molecule has 4 aliphatic carbocycles. The minimum Gasteiger partial charge on any atom is -0.506 e. The van der Waals surface area contributed by atoms with Gasteiger partial charge in [0.05, 0.1) is 88.9 Å². The van der Waals surface area contributed by atoms with Crippen LogP contribution in [0.3, 0.4) is 0 Å². The molecule has 20 heteroatoms. The number of ether oxygens (including phenoxy) is 6. The highest BCUT2D eigenvalue weighted by molar-refractivity contribution is 5.96. The summed E-state index contributed by atoms with van der Waals surface area (Å²) in [6.45, 7) is 8.10. The fourth-order valence-electron chi connectivity index (χ4n) is 33.6. The molecule has 26 rings (SSSR count). The molecule has 23 atom stereocenters. The second kappa shape index (κ2) is 18.5. The van der Waals surface area contributed by atoms with Gasteiger partial charge in [0.15, 0.2) is 11.4 Å². The number of hydrogen-bond acceptors (Lipinski definition) is 20. The smallest absolute Gasteiger partial charge is 0.335 e. The highest BCUT2D eigenvalue weighted by atomic mass is 16.5. The molecule has 18 aliphatic heterocycles. The summed E-state index contributed by atoms with van der Waals surface area (Å²) in [5.74, 6) is -0.731. The van der Waals surface area contributed by atoms with Crippen molar-refractivity contribution in [2.45, 2.75) is 184 Å². The summed E-state index contributed by atoms with van der Waals surface area (Å²) in [4.78, 5) is 47.2. The predicted octanol–water partition coefficient (Wildman–Crippen LogP) is 7.59. The number of benzene rings is 4. The molecule has 23 unspecified atom stereocenters. The largest absolute Gasteiger partial charge is 0.506 e. The van der Waals surface area contributed by atoms with Crippen LogP contribution in [0.15, 0.2) is 119 Å². The number of aliphatic hydroxyl groups is 2. The maximum atomic E-state index is 15.8. The van der Waals surface area contributed by atoms with Gasteiger partial charge in [-0.05, 0) is 161 Å². The van der Waals surface area contributed by atoms with Gasteiger partial charge in [-0.3, -0.25) is 14.7 Å². The number of carbonyl (C=O) groups excluding carboxylic acids is 2. The molecule has 6 N–H and O–H groups in total. The Morgan fingerprint density at radius 2 is 1.01 bits per heavy atom. The number of nitrogens with one attached hydrogen (secondary N) is 2. The van der Waals surface area contributed by atoms with Crippen molar-refractivity contribution in [2.24, 2.45) is 44.3 Å². The summed E-state index contributed by atoms with van der Waals surface area (Å²) in [6.07, 6.45) is 13.2. The molecule has 4 aromatic carbocycles. The van der Waals surface area contributed by atoms with Gasteiger partial charge in [0.1, 0.15) is 11.5 Å². The minimum absolute atomic E-state index is 0.0444. The molecule has 18 heterocycles. The number of rotatable bonds is 3. The van der Waals surface area contributed by atoms with Crippen LogP contribution in [0.2, 0.25) is 0 Å². The lowest BCUT2D eigenvalue weighted by molar-refractivity contribution is -0.234. The average Bonchev–Trinajstić information content (AvgIpc) is 1.46. The third-order valence-electron chi connectivity index (χ3n) is 35.2. The molecule has 2 saturated carbocycles. The van der Waals surface area contributed by atoms with Gasteiger partial charge in [-0.25, -0.2) is 9.59 Å². The van der Waals surface area contributed by atoms with Gasteiger partial charge in [0.25, 0.3) is 0 Å². The summed E-state index contributed by atoms with van der Waals surface area (Å²) in [5, 5.41) is 63.5. The summed E-state index contributed by atoms with van der Waals surface area (Å²) in [6, 6.07) is 29.1. The number of methoxy groups -OCH3 is 2. The van der Waals surface area contributed by atoms with Crippen molar-refractivity contribution in [2.75, 3.05) is 113 Å². The van der Waals surface area contributed by atoms with Gasteiger partial charge in [0, 0.05) is 163 Å². The third kappa shape index (κ3) is 5.86. The highest BCUT2D eigenvalue weighted by Crippen LogP contribution is 2.82. The van der Waals surface area contributed by atoms with Crippen LogP contribution >= 0.6 is 0 Å². The lowest BCUT2D eigenvalue weighted by Crippen LogP contribution is -2.81. The van der Waals surface area contributed by atoms with Crippen molar-refractivity contribution in [3.05, 3.63) is 141 Å². The predicted molar refractivity (Wildman–Crippen MR) is 379 cm³/mol. The van der Waals surface area contributed by atoms with Crippen molar-refractivity contribution in [3.63, 3.8) is 0 Å². The van der Waals surface area contributed by atoms with Gasteiger partial charge in [-0.15, -0.1) is 0 Å². The molecular formula is C84H92N8O12. The molecule has 20 nitrogen and oxygen atoms in total. The van der Waals surface area contributed by atoms with Crippen LogP contribution in [0.4, 0.5) is 22.7 Å². The van der Waals surface area contributed by atoms with E-state index < -0.39 is 54.8 Å². The van der Waals surface area contributed by atoms with E-state index in [0.29, 0.717) is 109 Å². The molecule has 22 aliphatic rings. The minimum atomic E-state index is -1.33. The number of anilines is 4. The number of para-hydroxylation sites is 4. The fourth-order valence-corrected chi connectivity index (χ4v) is 33.6. The number of piperidine rings is 6. The van der Waals surface area contributed by atoms with Crippen LogP contribution in [0.25, 0.3) is 0 Å². The van der Waals surface area contributed by atoms with Crippen LogP contribution in [0, 0.1) is 44.3 Å². The van der Waals surface area contributed by atoms with Crippen LogP contribution in [-0.2, 0) is 59.7 Å². The number of aromatic hydroxyl groups is 2. The van der Waals surface area contributed by atoms with Crippen LogP contribution in [0.1, 0.15) is 119 Å². The Balaban J connectivity index is 0.711. The van der Waals surface area contributed by atoms with Gasteiger partial charge in [0.2, 0.25) is 0 Å². The van der Waals surface area contributed by atoms with E-state index >= 15 is 9.59 Å². The molecule has 0 amide bonds. The zero-order chi connectivity index (χ0) is 69.0. The molecule has 0 radical (unpaired) electrons. The van der Waals surface area contributed by atoms with Crippen LogP contribution in [-0.4, -0.2) is 211 Å². The Kier molecular flexibility index (Phi) is 10.7. The van der Waals surface area contributed by atoms with Gasteiger partial charge in [-0.2, -0.15) is 0 Å². The van der Waals surface area contributed by atoms with Crippen molar-refractivity contribution in [1.82, 2.24) is 19.6 Å². The molecule has 4 aromatic rings. The second-order valence-corrected chi connectivity index (χ2v) is 37.6. The SMILES string of the molecule is COC(=O)C1=C2Nc3ccccc3C23CC(C2=CN4CC5(CC6CC78CCOC7CCN7CCC9(c%10cccc(O)c%10N(C5)C69O)C78)C5OCCC56CC(C(=O)OC)=C5Nc7ccccc7C25C46)N2CC4(CC5CC67CCOC6CCN6CCC8(c9cccc(O)c9N(C4)C58O)C67)C4OCCC4(C1)C23. The summed E-state index contributed by atoms with van der Waals surface area (Å²) >= 11 is 0. The van der Waals surface area contributed by atoms with E-state index in [2.05, 4.69) is 107 Å². The van der Waals surface area contributed by atoms with E-state index in [1.54, 1.807) is 0 Å². The first kappa shape index (κ1) is 60.3. The first-order valence-corrected chi connectivity index (χ1v) is 39.8. The lowest BCUT2D eigenvalue weighted by atomic mass is 9.43. The van der Waals surface area contributed by atoms with E-state index in [1.807, 2.05) is 24.3 Å². The Bertz CT molecular complexity index is 4800. The standard InChI is InChI=1S/C84H92N8O12/c1-99-65(95)47-37-77-23-31-104-72(77)74(34-46-36-76-22-30-102-60(76)18-26-88-28-20-81(69(76)88)52-12-8-16-58(94)62(52)92(44-74)84(46,81)98)42-90-56(39-79(67(77)90)49-9-3-5-13-54(49)85-63(47)79)53-40-89-41-73(71-78(24-32-103-71)38-48(66(96)100-2)64-82(53,70(78)89)50-10-4-6-14-55(50)86-64)33-45-35-75-21-29-101-59(75)17-25-87-27-19-80(68(75)87)51-11-7-15-57(93)61(51)91(43-73)83(45,80)97/h3-16,40,45-46,56,59-60,67-72,85-86,93-94,97-98H,17-39,41-44H2,1-2H3. The Morgan fingerprint density at radius 1 is 0.510 bits per heavy atom. The molecular weight excluding hydrogens is 1310 g/mol. The van der Waals surface area contributed by atoms with E-state index in [-0.39, 0.29) is 101 Å². The molecule has 10 spiro atoms. The zero-order valence-electron chi connectivity index (χ0n) is 59.3. The van der Waals surface area contributed by atoms with E-state index in [4.69, 9.17) is 28.4 Å². The van der Waals surface area contributed by atoms with Crippen LogP contribution < -0.4 is 20.4 Å². The summed E-state index contributed by atoms with van der Waals surface area (Å²) < 4.78 is 41.7. The lowest BCUT2D eigenvalue weighted by Gasteiger charge is -2.71. The quantitative estimate of drug-likeness (QED) is 0.109. The number of carbonyl (C=O) groups is 2. The van der Waals surface area contributed by atoms with Crippen LogP contribution in [0.5, 0.6) is 11.5 Å². The summed E-state index contributed by atoms with van der Waals surface area (Å²) in [7, 11) is 3.07. The molecule has 13 saturated heterocycles. The molecule has 0 aromatic heterocycles.